The summed E-state index contributed by atoms with van der Waals surface area (Å²) in [6, 6.07) is 15.1. The van der Waals surface area contributed by atoms with E-state index in [2.05, 4.69) is 34.3 Å². The molecule has 2 aromatic carbocycles. The van der Waals surface area contributed by atoms with Gasteiger partial charge in [-0.25, -0.2) is 4.98 Å². The van der Waals surface area contributed by atoms with Gasteiger partial charge in [-0.1, -0.05) is 26.0 Å². The zero-order valence-corrected chi connectivity index (χ0v) is 16.6. The molecule has 0 aliphatic heterocycles. The van der Waals surface area contributed by atoms with Crippen molar-refractivity contribution >= 4 is 24.0 Å². The van der Waals surface area contributed by atoms with Crippen LogP contribution in [0.3, 0.4) is 0 Å². The first kappa shape index (κ1) is 21.4. The minimum atomic E-state index is -0.221. The largest absolute Gasteiger partial charge is 0.484 e. The number of ether oxygens (including phenoxy) is 1. The molecule has 0 aliphatic rings. The number of nitrogens with one attached hydrogen (secondary N) is 2. The number of halogens is 1. The Bertz CT molecular complexity index is 909. The maximum atomic E-state index is 12.1. The minimum absolute atomic E-state index is 0. The van der Waals surface area contributed by atoms with Gasteiger partial charge in [0.1, 0.15) is 11.6 Å². The fourth-order valence-corrected chi connectivity index (χ4v) is 2.53. The fraction of sp³-hybridized carbons (Fsp3) is 0.250. The summed E-state index contributed by atoms with van der Waals surface area (Å²) < 4.78 is 5.59. The zero-order chi connectivity index (χ0) is 19.2. The Morgan fingerprint density at radius 1 is 1.21 bits per heavy atom. The van der Waals surface area contributed by atoms with E-state index in [0.29, 0.717) is 35.5 Å². The highest BCUT2D eigenvalue weighted by atomic mass is 35.5. The Hall–Kier alpha value is -2.90. The lowest BCUT2D eigenvalue weighted by Gasteiger charge is -2.10. The molecule has 8 heteroatoms. The quantitative estimate of drug-likeness (QED) is 0.561. The number of H-pyrrole nitrogens is 1. The van der Waals surface area contributed by atoms with Crippen molar-refractivity contribution < 1.29 is 9.53 Å². The number of aromatic amines is 1. The molecule has 3 aromatic rings. The van der Waals surface area contributed by atoms with Crippen LogP contribution in [0.2, 0.25) is 0 Å². The van der Waals surface area contributed by atoms with E-state index in [4.69, 9.17) is 10.5 Å². The number of nitrogens with two attached hydrogens (primary N) is 1. The first-order valence-electron chi connectivity index (χ1n) is 8.79. The van der Waals surface area contributed by atoms with Crippen molar-refractivity contribution in [1.29, 1.82) is 0 Å². The summed E-state index contributed by atoms with van der Waals surface area (Å²) in [6.07, 6.45) is 0. The molecule has 0 atom stereocenters. The van der Waals surface area contributed by atoms with Crippen LogP contribution in [0.5, 0.6) is 5.75 Å². The van der Waals surface area contributed by atoms with Crippen molar-refractivity contribution in [3.05, 3.63) is 59.9 Å². The number of hydrogen-bond acceptors (Lipinski definition) is 5. The number of aromatic nitrogens is 3. The Balaban J connectivity index is 0.00000280. The summed E-state index contributed by atoms with van der Waals surface area (Å²) in [5.74, 6) is 2.07. The molecular formula is C20H24ClN5O2. The van der Waals surface area contributed by atoms with E-state index in [1.807, 2.05) is 36.4 Å². The molecule has 7 nitrogen and oxygen atoms in total. The van der Waals surface area contributed by atoms with Crippen LogP contribution in [0, 0.1) is 0 Å². The highest BCUT2D eigenvalue weighted by Crippen LogP contribution is 2.20. The van der Waals surface area contributed by atoms with Crippen LogP contribution >= 0.6 is 12.4 Å². The average molecular weight is 402 g/mol. The molecule has 3 rings (SSSR count). The second kappa shape index (κ2) is 9.87. The lowest BCUT2D eigenvalue weighted by molar-refractivity contribution is -0.118. The predicted octanol–water partition coefficient (Wildman–Crippen LogP) is 3.49. The van der Waals surface area contributed by atoms with Crippen LogP contribution in [0.15, 0.2) is 48.5 Å². The lowest BCUT2D eigenvalue weighted by atomic mass is 10.0. The van der Waals surface area contributed by atoms with Gasteiger partial charge >= 0.3 is 0 Å². The molecule has 1 heterocycles. The highest BCUT2D eigenvalue weighted by molar-refractivity contribution is 5.92. The fourth-order valence-electron chi connectivity index (χ4n) is 2.53. The second-order valence-electron chi connectivity index (χ2n) is 6.45. The summed E-state index contributed by atoms with van der Waals surface area (Å²) in [7, 11) is 0. The topological polar surface area (TPSA) is 106 Å². The number of carbonyl (C=O) groups is 1. The molecule has 0 radical (unpaired) electrons. The number of hydrogen-bond donors (Lipinski definition) is 3. The van der Waals surface area contributed by atoms with E-state index in [0.717, 1.165) is 5.56 Å². The highest BCUT2D eigenvalue weighted by Gasteiger charge is 2.08. The molecule has 28 heavy (non-hydrogen) atoms. The van der Waals surface area contributed by atoms with Crippen molar-refractivity contribution in [1.82, 2.24) is 15.2 Å². The number of anilines is 1. The van der Waals surface area contributed by atoms with Crippen LogP contribution in [0.1, 0.15) is 31.2 Å². The van der Waals surface area contributed by atoms with Crippen molar-refractivity contribution in [3.8, 4) is 17.1 Å². The maximum Gasteiger partial charge on any atom is 0.262 e. The number of carbonyl (C=O) groups excluding carboxylic acids is 1. The van der Waals surface area contributed by atoms with Crippen LogP contribution in [-0.2, 0) is 11.3 Å². The van der Waals surface area contributed by atoms with Crippen molar-refractivity contribution in [2.45, 2.75) is 26.3 Å². The molecule has 1 aromatic heterocycles. The van der Waals surface area contributed by atoms with Gasteiger partial charge in [-0.05, 0) is 47.9 Å². The molecule has 0 bridgehead atoms. The van der Waals surface area contributed by atoms with Crippen molar-refractivity contribution in [3.63, 3.8) is 0 Å². The minimum Gasteiger partial charge on any atom is -0.484 e. The van der Waals surface area contributed by atoms with Gasteiger partial charge in [0.15, 0.2) is 12.4 Å². The van der Waals surface area contributed by atoms with Crippen LogP contribution in [-0.4, -0.2) is 27.7 Å². The Labute approximate surface area is 170 Å². The van der Waals surface area contributed by atoms with E-state index in [9.17, 15) is 4.79 Å². The number of rotatable bonds is 7. The summed E-state index contributed by atoms with van der Waals surface area (Å²) in [5, 5.41) is 9.69. The standard InChI is InChI=1S/C20H23N5O2.ClH/c1-13(2)15-4-3-5-17(10-15)27-12-19(26)22-16-8-6-14(7-9-16)20-23-18(11-21)24-25-20;/h3-10,13H,11-12,21H2,1-2H3,(H,22,26)(H,23,24,25);1H. The zero-order valence-electron chi connectivity index (χ0n) is 15.8. The van der Waals surface area contributed by atoms with Crippen LogP contribution < -0.4 is 15.8 Å². The van der Waals surface area contributed by atoms with Crippen LogP contribution in [0.25, 0.3) is 11.4 Å². The van der Waals surface area contributed by atoms with Gasteiger partial charge in [0.25, 0.3) is 5.91 Å². The SMILES string of the molecule is CC(C)c1cccc(OCC(=O)Nc2ccc(-c3n[nH]c(CN)n3)cc2)c1.Cl. The van der Waals surface area contributed by atoms with E-state index in [1.165, 1.54) is 5.56 Å². The molecule has 0 unspecified atom stereocenters. The smallest absolute Gasteiger partial charge is 0.262 e. The molecule has 0 fully saturated rings. The maximum absolute atomic E-state index is 12.1. The molecule has 148 valence electrons. The van der Waals surface area contributed by atoms with E-state index in [-0.39, 0.29) is 24.9 Å². The number of amides is 1. The lowest BCUT2D eigenvalue weighted by Crippen LogP contribution is -2.20. The summed E-state index contributed by atoms with van der Waals surface area (Å²) >= 11 is 0. The third-order valence-electron chi connectivity index (χ3n) is 4.05. The van der Waals surface area contributed by atoms with Crippen molar-refractivity contribution in [2.24, 2.45) is 5.73 Å². The van der Waals surface area contributed by atoms with E-state index < -0.39 is 0 Å². The van der Waals surface area contributed by atoms with Gasteiger partial charge in [-0.3, -0.25) is 9.89 Å². The van der Waals surface area contributed by atoms with Crippen LogP contribution in [0.4, 0.5) is 5.69 Å². The summed E-state index contributed by atoms with van der Waals surface area (Å²) in [4.78, 5) is 16.4. The average Bonchev–Trinajstić information content (AvgIpc) is 3.16. The third kappa shape index (κ3) is 5.55. The van der Waals surface area contributed by atoms with Gasteiger partial charge in [0.2, 0.25) is 0 Å². The Morgan fingerprint density at radius 2 is 1.96 bits per heavy atom. The third-order valence-corrected chi connectivity index (χ3v) is 4.05. The molecular weight excluding hydrogens is 378 g/mol. The molecule has 0 aliphatic carbocycles. The van der Waals surface area contributed by atoms with Gasteiger partial charge in [-0.2, -0.15) is 5.10 Å². The van der Waals surface area contributed by atoms with Gasteiger partial charge in [0.05, 0.1) is 6.54 Å². The van der Waals surface area contributed by atoms with Gasteiger partial charge in [-0.15, -0.1) is 12.4 Å². The number of nitrogens with zero attached hydrogens (tertiary/aromatic N) is 2. The molecule has 1 amide bonds. The molecule has 0 saturated heterocycles. The molecule has 0 saturated carbocycles. The van der Waals surface area contributed by atoms with Gasteiger partial charge < -0.3 is 15.8 Å². The second-order valence-corrected chi connectivity index (χ2v) is 6.45. The monoisotopic (exact) mass is 401 g/mol. The van der Waals surface area contributed by atoms with E-state index in [1.54, 1.807) is 12.1 Å². The van der Waals surface area contributed by atoms with E-state index >= 15 is 0 Å². The van der Waals surface area contributed by atoms with Gasteiger partial charge in [0, 0.05) is 11.3 Å². The summed E-state index contributed by atoms with van der Waals surface area (Å²) in [6.45, 7) is 4.49. The first-order valence-corrected chi connectivity index (χ1v) is 8.79. The predicted molar refractivity (Wildman–Crippen MR) is 112 cm³/mol. The number of benzene rings is 2. The first-order chi connectivity index (χ1) is 13.0. The molecule has 0 spiro atoms. The normalized spacial score (nSPS) is 10.4. The molecule has 4 N–H and O–H groups in total. The summed E-state index contributed by atoms with van der Waals surface area (Å²) in [5.41, 5.74) is 8.21. The Morgan fingerprint density at radius 3 is 2.61 bits per heavy atom. The van der Waals surface area contributed by atoms with Crippen molar-refractivity contribution in [2.75, 3.05) is 11.9 Å². The Kier molecular flexibility index (Phi) is 7.54.